The number of nitrogens with one attached hydrogen (secondary N) is 1. The molecule has 0 heterocycles. The van der Waals surface area contributed by atoms with Crippen LogP contribution in [-0.2, 0) is 11.3 Å². The molecule has 0 saturated carbocycles. The van der Waals surface area contributed by atoms with E-state index in [1.165, 1.54) is 0 Å². The topological polar surface area (TPSA) is 41.5 Å². The van der Waals surface area contributed by atoms with Gasteiger partial charge in [0.25, 0.3) is 0 Å². The maximum absolute atomic E-state index is 8.49. The van der Waals surface area contributed by atoms with E-state index in [0.29, 0.717) is 13.2 Å². The summed E-state index contributed by atoms with van der Waals surface area (Å²) in [5, 5.41) is 12.6. The summed E-state index contributed by atoms with van der Waals surface area (Å²) in [5.41, 5.74) is 1.11. The summed E-state index contributed by atoms with van der Waals surface area (Å²) in [6.07, 6.45) is 0.935. The van der Waals surface area contributed by atoms with Gasteiger partial charge in [-0.3, -0.25) is 0 Å². The van der Waals surface area contributed by atoms with Crippen LogP contribution in [-0.4, -0.2) is 31.5 Å². The van der Waals surface area contributed by atoms with Crippen LogP contribution in [0.4, 0.5) is 0 Å². The number of aliphatic hydroxyl groups is 1. The van der Waals surface area contributed by atoms with Crippen molar-refractivity contribution in [2.75, 3.05) is 26.4 Å². The Morgan fingerprint density at radius 1 is 1.25 bits per heavy atom. The van der Waals surface area contributed by atoms with E-state index in [9.17, 15) is 0 Å². The van der Waals surface area contributed by atoms with E-state index in [0.717, 1.165) is 30.1 Å². The van der Waals surface area contributed by atoms with Crippen LogP contribution in [0.25, 0.3) is 0 Å². The molecule has 3 nitrogen and oxygen atoms in total. The van der Waals surface area contributed by atoms with Crippen molar-refractivity contribution in [1.29, 1.82) is 0 Å². The Balaban J connectivity index is 2.05. The Labute approximate surface area is 101 Å². The van der Waals surface area contributed by atoms with Crippen LogP contribution < -0.4 is 5.32 Å². The number of hydrogen-bond donors (Lipinski definition) is 2. The molecule has 0 atom stereocenters. The molecule has 0 radical (unpaired) electrons. The average Bonchev–Trinajstić information content (AvgIpc) is 2.30. The molecule has 0 amide bonds. The standard InChI is InChI=1S/C12H18ClNO2/c13-12-5-2-1-4-11(12)10-14-6-3-8-16-9-7-15/h1-2,4-5,14-15H,3,6-10H2. The minimum Gasteiger partial charge on any atom is -0.394 e. The van der Waals surface area contributed by atoms with Crippen LogP contribution >= 0.6 is 11.6 Å². The van der Waals surface area contributed by atoms with Crippen molar-refractivity contribution in [3.05, 3.63) is 34.9 Å². The van der Waals surface area contributed by atoms with Crippen molar-refractivity contribution in [2.45, 2.75) is 13.0 Å². The maximum Gasteiger partial charge on any atom is 0.0697 e. The van der Waals surface area contributed by atoms with E-state index in [-0.39, 0.29) is 6.61 Å². The quantitative estimate of drug-likeness (QED) is 0.685. The van der Waals surface area contributed by atoms with Crippen LogP contribution in [0, 0.1) is 0 Å². The second-order valence-corrected chi connectivity index (χ2v) is 3.86. The molecular weight excluding hydrogens is 226 g/mol. The summed E-state index contributed by atoms with van der Waals surface area (Å²) in [6.45, 7) is 2.85. The Hall–Kier alpha value is -0.610. The van der Waals surface area contributed by atoms with Gasteiger partial charge in [-0.05, 0) is 24.6 Å². The van der Waals surface area contributed by atoms with Gasteiger partial charge < -0.3 is 15.2 Å². The summed E-state index contributed by atoms with van der Waals surface area (Å²) < 4.78 is 5.14. The summed E-state index contributed by atoms with van der Waals surface area (Å²) >= 11 is 6.01. The zero-order chi connectivity index (χ0) is 11.6. The molecule has 1 rings (SSSR count). The molecular formula is C12H18ClNO2. The highest BCUT2D eigenvalue weighted by atomic mass is 35.5. The van der Waals surface area contributed by atoms with E-state index < -0.39 is 0 Å². The fourth-order valence-electron chi connectivity index (χ4n) is 1.33. The fourth-order valence-corrected chi connectivity index (χ4v) is 1.53. The number of aliphatic hydroxyl groups excluding tert-OH is 1. The second-order valence-electron chi connectivity index (χ2n) is 3.46. The first-order valence-electron chi connectivity index (χ1n) is 5.47. The average molecular weight is 244 g/mol. The predicted molar refractivity (Wildman–Crippen MR) is 65.7 cm³/mol. The molecule has 90 valence electrons. The lowest BCUT2D eigenvalue weighted by Gasteiger charge is -2.06. The molecule has 0 spiro atoms. The van der Waals surface area contributed by atoms with Gasteiger partial charge >= 0.3 is 0 Å². The van der Waals surface area contributed by atoms with Crippen molar-refractivity contribution in [3.63, 3.8) is 0 Å². The number of hydrogen-bond acceptors (Lipinski definition) is 3. The van der Waals surface area contributed by atoms with E-state index in [4.69, 9.17) is 21.4 Å². The first-order chi connectivity index (χ1) is 7.84. The minimum absolute atomic E-state index is 0.0903. The molecule has 0 bridgehead atoms. The van der Waals surface area contributed by atoms with E-state index in [1.54, 1.807) is 0 Å². The van der Waals surface area contributed by atoms with Gasteiger partial charge in [0.2, 0.25) is 0 Å². The maximum atomic E-state index is 8.49. The molecule has 2 N–H and O–H groups in total. The van der Waals surface area contributed by atoms with Crippen LogP contribution in [0.5, 0.6) is 0 Å². The normalized spacial score (nSPS) is 10.6. The third-order valence-electron chi connectivity index (χ3n) is 2.15. The van der Waals surface area contributed by atoms with Crippen LogP contribution in [0.1, 0.15) is 12.0 Å². The second kappa shape index (κ2) is 8.53. The van der Waals surface area contributed by atoms with E-state index in [1.807, 2.05) is 24.3 Å². The number of rotatable bonds is 8. The summed E-state index contributed by atoms with van der Waals surface area (Å²) in [5.74, 6) is 0. The van der Waals surface area contributed by atoms with Crippen molar-refractivity contribution >= 4 is 11.6 Å². The highest BCUT2D eigenvalue weighted by Gasteiger charge is 1.97. The third kappa shape index (κ3) is 5.47. The molecule has 0 fully saturated rings. The van der Waals surface area contributed by atoms with Crippen LogP contribution in [0.2, 0.25) is 5.02 Å². The lowest BCUT2D eigenvalue weighted by atomic mass is 10.2. The van der Waals surface area contributed by atoms with Gasteiger partial charge in [0.15, 0.2) is 0 Å². The number of ether oxygens (including phenoxy) is 1. The summed E-state index contributed by atoms with van der Waals surface area (Å²) in [4.78, 5) is 0. The van der Waals surface area contributed by atoms with Gasteiger partial charge in [-0.1, -0.05) is 29.8 Å². The van der Waals surface area contributed by atoms with Crippen LogP contribution in [0.3, 0.4) is 0 Å². The first kappa shape index (κ1) is 13.5. The van der Waals surface area contributed by atoms with Gasteiger partial charge in [0.05, 0.1) is 13.2 Å². The zero-order valence-electron chi connectivity index (χ0n) is 9.29. The molecule has 0 unspecified atom stereocenters. The smallest absolute Gasteiger partial charge is 0.0697 e. The number of benzene rings is 1. The molecule has 0 saturated heterocycles. The van der Waals surface area contributed by atoms with E-state index in [2.05, 4.69) is 5.32 Å². The Morgan fingerprint density at radius 3 is 2.81 bits per heavy atom. The van der Waals surface area contributed by atoms with Gasteiger partial charge in [-0.2, -0.15) is 0 Å². The summed E-state index contributed by atoms with van der Waals surface area (Å²) in [6, 6.07) is 7.81. The molecule has 0 aliphatic rings. The number of halogens is 1. The molecule has 0 aliphatic carbocycles. The Morgan fingerprint density at radius 2 is 2.06 bits per heavy atom. The Bertz CT molecular complexity index is 294. The molecule has 1 aromatic rings. The summed E-state index contributed by atoms with van der Waals surface area (Å²) in [7, 11) is 0. The minimum atomic E-state index is 0.0903. The highest BCUT2D eigenvalue weighted by molar-refractivity contribution is 6.31. The van der Waals surface area contributed by atoms with Gasteiger partial charge in [-0.25, -0.2) is 0 Å². The van der Waals surface area contributed by atoms with E-state index >= 15 is 0 Å². The van der Waals surface area contributed by atoms with Crippen molar-refractivity contribution in [3.8, 4) is 0 Å². The predicted octanol–water partition coefficient (Wildman–Crippen LogP) is 1.83. The SMILES string of the molecule is OCCOCCCNCc1ccccc1Cl. The Kier molecular flexibility index (Phi) is 7.17. The van der Waals surface area contributed by atoms with Gasteiger partial charge in [0, 0.05) is 18.2 Å². The fraction of sp³-hybridized carbons (Fsp3) is 0.500. The molecule has 1 aromatic carbocycles. The van der Waals surface area contributed by atoms with Crippen molar-refractivity contribution < 1.29 is 9.84 Å². The zero-order valence-corrected chi connectivity index (χ0v) is 10.0. The van der Waals surface area contributed by atoms with Gasteiger partial charge in [0.1, 0.15) is 0 Å². The first-order valence-corrected chi connectivity index (χ1v) is 5.85. The molecule has 16 heavy (non-hydrogen) atoms. The van der Waals surface area contributed by atoms with Gasteiger partial charge in [-0.15, -0.1) is 0 Å². The van der Waals surface area contributed by atoms with Crippen molar-refractivity contribution in [1.82, 2.24) is 5.32 Å². The lowest BCUT2D eigenvalue weighted by molar-refractivity contribution is 0.0907. The molecule has 4 heteroatoms. The monoisotopic (exact) mass is 243 g/mol. The van der Waals surface area contributed by atoms with Crippen LogP contribution in [0.15, 0.2) is 24.3 Å². The van der Waals surface area contributed by atoms with Crippen molar-refractivity contribution in [2.24, 2.45) is 0 Å². The molecule has 0 aromatic heterocycles. The molecule has 0 aliphatic heterocycles. The third-order valence-corrected chi connectivity index (χ3v) is 2.52. The lowest BCUT2D eigenvalue weighted by Crippen LogP contribution is -2.17. The largest absolute Gasteiger partial charge is 0.394 e. The highest BCUT2D eigenvalue weighted by Crippen LogP contribution is 2.13.